The van der Waals surface area contributed by atoms with E-state index in [9.17, 15) is 15.0 Å². The summed E-state index contributed by atoms with van der Waals surface area (Å²) >= 11 is 0. The van der Waals surface area contributed by atoms with Crippen LogP contribution in [-0.2, 0) is 0 Å². The molecule has 3 aliphatic rings. The van der Waals surface area contributed by atoms with E-state index in [-0.39, 0.29) is 30.9 Å². The van der Waals surface area contributed by atoms with Crippen molar-refractivity contribution in [2.45, 2.75) is 30.8 Å². The van der Waals surface area contributed by atoms with Gasteiger partial charge in [0.15, 0.2) is 0 Å². The second-order valence-electron chi connectivity index (χ2n) is 8.10. The zero-order valence-electron chi connectivity index (χ0n) is 15.0. The van der Waals surface area contributed by atoms with Gasteiger partial charge in [-0.3, -0.25) is 4.79 Å². The van der Waals surface area contributed by atoms with E-state index in [0.29, 0.717) is 18.0 Å². The molecule has 1 saturated heterocycles. The average molecular weight is 365 g/mol. The highest BCUT2D eigenvalue weighted by atomic mass is 16.3. The van der Waals surface area contributed by atoms with Crippen molar-refractivity contribution in [2.24, 2.45) is 11.3 Å². The Morgan fingerprint density at radius 2 is 1.89 bits per heavy atom. The molecule has 2 N–H and O–H groups in total. The standard InChI is InChI=1S/C21H23N3O3/c25-11-16-18(13-4-2-1-3-5-13)21(16)12-24(10-17(21)26)20(27)15-8-22-19(23-9-15)14-6-7-14/h1-5,8-9,14,16-18,25-26H,6-7,10-12H2/t16-,17+,18-,21-/m1/s1. The molecule has 6 nitrogen and oxygen atoms in total. The minimum atomic E-state index is -0.643. The van der Waals surface area contributed by atoms with E-state index in [0.717, 1.165) is 24.2 Å². The minimum absolute atomic E-state index is 0.0118. The van der Waals surface area contributed by atoms with Gasteiger partial charge in [-0.2, -0.15) is 0 Å². The van der Waals surface area contributed by atoms with Gasteiger partial charge in [0.05, 0.1) is 11.7 Å². The number of hydrogen-bond donors (Lipinski definition) is 2. The number of aliphatic hydroxyl groups excluding tert-OH is 2. The Hall–Kier alpha value is -2.31. The lowest BCUT2D eigenvalue weighted by Gasteiger charge is -2.16. The summed E-state index contributed by atoms with van der Waals surface area (Å²) in [6.07, 6.45) is 4.81. The summed E-state index contributed by atoms with van der Waals surface area (Å²) in [6, 6.07) is 9.96. The fourth-order valence-electron chi connectivity index (χ4n) is 4.91. The summed E-state index contributed by atoms with van der Waals surface area (Å²) in [4.78, 5) is 23.3. The topological polar surface area (TPSA) is 86.6 Å². The average Bonchev–Trinajstić information content (AvgIpc) is 3.61. The predicted molar refractivity (Wildman–Crippen MR) is 98.1 cm³/mol. The maximum atomic E-state index is 12.9. The number of carbonyl (C=O) groups excluding carboxylic acids is 1. The van der Waals surface area contributed by atoms with Gasteiger partial charge in [0.2, 0.25) is 0 Å². The fourth-order valence-corrected chi connectivity index (χ4v) is 4.91. The lowest BCUT2D eigenvalue weighted by Crippen LogP contribution is -2.30. The van der Waals surface area contributed by atoms with Gasteiger partial charge in [0, 0.05) is 43.4 Å². The monoisotopic (exact) mass is 365 g/mol. The lowest BCUT2D eigenvalue weighted by atomic mass is 9.95. The molecule has 0 unspecified atom stereocenters. The summed E-state index contributed by atoms with van der Waals surface area (Å²) < 4.78 is 0. The second-order valence-corrected chi connectivity index (χ2v) is 8.10. The maximum Gasteiger partial charge on any atom is 0.257 e. The Kier molecular flexibility index (Phi) is 3.81. The minimum Gasteiger partial charge on any atom is -0.396 e. The van der Waals surface area contributed by atoms with Crippen LogP contribution in [0.3, 0.4) is 0 Å². The number of rotatable bonds is 4. The molecule has 0 radical (unpaired) electrons. The first-order valence-electron chi connectivity index (χ1n) is 9.60. The highest BCUT2D eigenvalue weighted by Crippen LogP contribution is 2.68. The van der Waals surface area contributed by atoms with Gasteiger partial charge in [-0.1, -0.05) is 30.3 Å². The summed E-state index contributed by atoms with van der Waals surface area (Å²) in [7, 11) is 0. The van der Waals surface area contributed by atoms with Gasteiger partial charge in [-0.25, -0.2) is 9.97 Å². The Labute approximate surface area is 157 Å². The number of β-amino-alcohol motifs (C(OH)–C–C–N with tert-alkyl or cyclic N) is 1. The van der Waals surface area contributed by atoms with Gasteiger partial charge in [0.1, 0.15) is 5.82 Å². The first-order valence-corrected chi connectivity index (χ1v) is 9.60. The summed E-state index contributed by atoms with van der Waals surface area (Å²) in [5, 5.41) is 20.7. The van der Waals surface area contributed by atoms with Crippen LogP contribution in [0, 0.1) is 11.3 Å². The maximum absolute atomic E-state index is 12.9. The molecule has 5 rings (SSSR count). The first-order chi connectivity index (χ1) is 13.1. The third-order valence-electron chi connectivity index (χ3n) is 6.54. The van der Waals surface area contributed by atoms with Crippen LogP contribution >= 0.6 is 0 Å². The van der Waals surface area contributed by atoms with Gasteiger partial charge >= 0.3 is 0 Å². The van der Waals surface area contributed by atoms with Crippen molar-refractivity contribution < 1.29 is 15.0 Å². The number of aromatic nitrogens is 2. The molecule has 2 saturated carbocycles. The zero-order chi connectivity index (χ0) is 18.6. The van der Waals surface area contributed by atoms with Gasteiger partial charge in [0.25, 0.3) is 5.91 Å². The van der Waals surface area contributed by atoms with Crippen molar-refractivity contribution in [3.8, 4) is 0 Å². The number of likely N-dealkylation sites (tertiary alicyclic amines) is 1. The smallest absolute Gasteiger partial charge is 0.257 e. The predicted octanol–water partition coefficient (Wildman–Crippen LogP) is 1.56. The van der Waals surface area contributed by atoms with Crippen LogP contribution in [0.25, 0.3) is 0 Å². The van der Waals surface area contributed by atoms with Crippen LogP contribution in [-0.4, -0.2) is 56.8 Å². The van der Waals surface area contributed by atoms with Gasteiger partial charge in [-0.15, -0.1) is 0 Å². The van der Waals surface area contributed by atoms with Crippen molar-refractivity contribution in [3.63, 3.8) is 0 Å². The highest BCUT2D eigenvalue weighted by Gasteiger charge is 2.71. The van der Waals surface area contributed by atoms with Crippen molar-refractivity contribution in [3.05, 3.63) is 59.7 Å². The van der Waals surface area contributed by atoms with E-state index in [1.165, 1.54) is 0 Å². The summed E-state index contributed by atoms with van der Waals surface area (Å²) in [5.74, 6) is 1.17. The normalized spacial score (nSPS) is 32.1. The van der Waals surface area contributed by atoms with Crippen molar-refractivity contribution in [1.29, 1.82) is 0 Å². The molecule has 27 heavy (non-hydrogen) atoms. The third-order valence-corrected chi connectivity index (χ3v) is 6.54. The molecule has 2 heterocycles. The van der Waals surface area contributed by atoms with Crippen molar-refractivity contribution >= 4 is 5.91 Å². The molecule has 1 aromatic carbocycles. The largest absolute Gasteiger partial charge is 0.396 e. The molecular weight excluding hydrogens is 342 g/mol. The van der Waals surface area contributed by atoms with Crippen LogP contribution in [0.5, 0.6) is 0 Å². The van der Waals surface area contributed by atoms with Crippen LogP contribution in [0.15, 0.2) is 42.7 Å². The Bertz CT molecular complexity index is 853. The molecule has 1 aliphatic heterocycles. The number of carbonyl (C=O) groups is 1. The molecule has 2 aromatic rings. The fraction of sp³-hybridized carbons (Fsp3) is 0.476. The molecule has 1 spiro atoms. The summed E-state index contributed by atoms with van der Waals surface area (Å²) in [6.45, 7) is 0.739. The molecule has 2 aliphatic carbocycles. The quantitative estimate of drug-likeness (QED) is 0.859. The molecular formula is C21H23N3O3. The van der Waals surface area contributed by atoms with E-state index in [1.54, 1.807) is 17.3 Å². The van der Waals surface area contributed by atoms with E-state index in [4.69, 9.17) is 0 Å². The Balaban J connectivity index is 1.36. The zero-order valence-corrected chi connectivity index (χ0v) is 15.0. The van der Waals surface area contributed by atoms with Gasteiger partial charge in [-0.05, 0) is 30.2 Å². The molecule has 1 aromatic heterocycles. The third kappa shape index (κ3) is 2.58. The lowest BCUT2D eigenvalue weighted by molar-refractivity contribution is 0.0763. The number of nitrogens with zero attached hydrogens (tertiary/aromatic N) is 3. The molecule has 0 bridgehead atoms. The number of benzene rings is 1. The van der Waals surface area contributed by atoms with E-state index < -0.39 is 11.5 Å². The van der Waals surface area contributed by atoms with Crippen molar-refractivity contribution in [1.82, 2.24) is 14.9 Å². The highest BCUT2D eigenvalue weighted by molar-refractivity contribution is 5.94. The van der Waals surface area contributed by atoms with Crippen LogP contribution in [0.4, 0.5) is 0 Å². The number of aliphatic hydroxyl groups is 2. The van der Waals surface area contributed by atoms with Crippen molar-refractivity contribution in [2.75, 3.05) is 19.7 Å². The molecule has 6 heteroatoms. The number of amides is 1. The molecule has 140 valence electrons. The van der Waals surface area contributed by atoms with E-state index >= 15 is 0 Å². The van der Waals surface area contributed by atoms with E-state index in [2.05, 4.69) is 9.97 Å². The Morgan fingerprint density at radius 3 is 2.52 bits per heavy atom. The van der Waals surface area contributed by atoms with Crippen LogP contribution < -0.4 is 0 Å². The summed E-state index contributed by atoms with van der Waals surface area (Å²) in [5.41, 5.74) is 1.11. The first kappa shape index (κ1) is 16.8. The second kappa shape index (κ2) is 6.11. The molecule has 3 fully saturated rings. The Morgan fingerprint density at radius 1 is 1.19 bits per heavy atom. The molecule has 4 atom stereocenters. The van der Waals surface area contributed by atoms with Crippen LogP contribution in [0.2, 0.25) is 0 Å². The van der Waals surface area contributed by atoms with Crippen LogP contribution in [0.1, 0.15) is 46.4 Å². The molecule has 1 amide bonds. The SMILES string of the molecule is O=C(c1cnc(C2CC2)nc1)N1C[C@H](O)[C@@]2(C1)[C@H](CO)[C@H]2c1ccccc1. The number of hydrogen-bond acceptors (Lipinski definition) is 5. The van der Waals surface area contributed by atoms with Gasteiger partial charge < -0.3 is 15.1 Å². The van der Waals surface area contributed by atoms with E-state index in [1.807, 2.05) is 30.3 Å².